The summed E-state index contributed by atoms with van der Waals surface area (Å²) in [4.78, 5) is 2.22. The second-order valence-corrected chi connectivity index (χ2v) is 5.22. The van der Waals surface area contributed by atoms with Crippen molar-refractivity contribution in [2.24, 2.45) is 0 Å². The fraction of sp³-hybridized carbons (Fsp3) is 0.714. The molecular weight excluding hydrogens is 246 g/mol. The van der Waals surface area contributed by atoms with Crippen LogP contribution in [0, 0.1) is 0 Å². The van der Waals surface area contributed by atoms with Gasteiger partial charge in [-0.05, 0) is 26.0 Å². The summed E-state index contributed by atoms with van der Waals surface area (Å²) in [6, 6.07) is 3.68. The van der Waals surface area contributed by atoms with Gasteiger partial charge in [-0.25, -0.2) is 0 Å². The summed E-state index contributed by atoms with van der Waals surface area (Å²) in [6.45, 7) is 7.18. The Hall–Kier alpha value is -0.880. The molecule has 2 heterocycles. The third-order valence-corrected chi connectivity index (χ3v) is 3.10. The first kappa shape index (κ1) is 14.5. The van der Waals surface area contributed by atoms with Crippen LogP contribution >= 0.6 is 0 Å². The number of ether oxygens (including phenoxy) is 2. The van der Waals surface area contributed by atoms with E-state index in [0.29, 0.717) is 19.8 Å². The van der Waals surface area contributed by atoms with Crippen molar-refractivity contribution < 1.29 is 19.0 Å². The molecule has 3 atom stereocenters. The Morgan fingerprint density at radius 3 is 2.79 bits per heavy atom. The lowest BCUT2D eigenvalue weighted by molar-refractivity contribution is -0.0829. The molecule has 5 nitrogen and oxygen atoms in total. The highest BCUT2D eigenvalue weighted by Gasteiger charge is 2.23. The van der Waals surface area contributed by atoms with Gasteiger partial charge >= 0.3 is 0 Å². The number of hydrogen-bond donors (Lipinski definition) is 1. The molecule has 0 amide bonds. The van der Waals surface area contributed by atoms with Crippen molar-refractivity contribution in [2.75, 3.05) is 26.2 Å². The van der Waals surface area contributed by atoms with Crippen LogP contribution in [0.1, 0.15) is 19.6 Å². The molecule has 19 heavy (non-hydrogen) atoms. The van der Waals surface area contributed by atoms with Crippen LogP contribution in [0.5, 0.6) is 0 Å². The van der Waals surface area contributed by atoms with Gasteiger partial charge in [0.2, 0.25) is 0 Å². The Balaban J connectivity index is 1.64. The first-order chi connectivity index (χ1) is 9.13. The minimum absolute atomic E-state index is 0.222. The summed E-state index contributed by atoms with van der Waals surface area (Å²) < 4.78 is 16.3. The number of β-amino-alcohol motifs (C(OH)–C–C–N with tert-alkyl or cyclic N) is 1. The third kappa shape index (κ3) is 4.95. The first-order valence-corrected chi connectivity index (χ1v) is 6.79. The Bertz CT molecular complexity index is 344. The van der Waals surface area contributed by atoms with Crippen molar-refractivity contribution in [2.45, 2.75) is 38.8 Å². The number of aliphatic hydroxyl groups is 1. The zero-order valence-corrected chi connectivity index (χ0v) is 11.6. The summed E-state index contributed by atoms with van der Waals surface area (Å²) in [5.41, 5.74) is 0. The predicted molar refractivity (Wildman–Crippen MR) is 70.8 cm³/mol. The minimum Gasteiger partial charge on any atom is -0.467 e. The lowest BCUT2D eigenvalue weighted by Gasteiger charge is -2.36. The topological polar surface area (TPSA) is 55.1 Å². The van der Waals surface area contributed by atoms with Crippen LogP contribution in [0.2, 0.25) is 0 Å². The molecule has 108 valence electrons. The molecule has 1 aliphatic heterocycles. The average molecular weight is 269 g/mol. The fourth-order valence-electron chi connectivity index (χ4n) is 2.47. The van der Waals surface area contributed by atoms with E-state index in [1.807, 2.05) is 12.1 Å². The average Bonchev–Trinajstić information content (AvgIpc) is 2.80. The monoisotopic (exact) mass is 269 g/mol. The van der Waals surface area contributed by atoms with Gasteiger partial charge in [0.15, 0.2) is 0 Å². The minimum atomic E-state index is -0.479. The molecule has 0 bridgehead atoms. The molecule has 1 fully saturated rings. The van der Waals surface area contributed by atoms with Crippen LogP contribution in [0.4, 0.5) is 0 Å². The summed E-state index contributed by atoms with van der Waals surface area (Å²) >= 11 is 0. The Kier molecular flexibility index (Phi) is 5.39. The highest BCUT2D eigenvalue weighted by molar-refractivity contribution is 4.96. The Morgan fingerprint density at radius 1 is 1.42 bits per heavy atom. The number of hydrogen-bond acceptors (Lipinski definition) is 5. The van der Waals surface area contributed by atoms with E-state index < -0.39 is 6.10 Å². The number of nitrogens with zero attached hydrogens (tertiary/aromatic N) is 1. The fourth-order valence-corrected chi connectivity index (χ4v) is 2.47. The van der Waals surface area contributed by atoms with Crippen LogP contribution in [0.15, 0.2) is 22.8 Å². The largest absolute Gasteiger partial charge is 0.467 e. The van der Waals surface area contributed by atoms with Gasteiger partial charge in [-0.1, -0.05) is 0 Å². The molecule has 0 radical (unpaired) electrons. The maximum Gasteiger partial charge on any atom is 0.129 e. The summed E-state index contributed by atoms with van der Waals surface area (Å²) in [5.74, 6) is 0.779. The number of aliphatic hydroxyl groups excluding tert-OH is 1. The Labute approximate surface area is 114 Å². The molecular formula is C14H23NO4. The molecule has 0 aromatic carbocycles. The summed E-state index contributed by atoms with van der Waals surface area (Å²) in [5, 5.41) is 9.96. The third-order valence-electron chi connectivity index (χ3n) is 3.10. The van der Waals surface area contributed by atoms with Gasteiger partial charge < -0.3 is 19.0 Å². The zero-order chi connectivity index (χ0) is 13.7. The van der Waals surface area contributed by atoms with E-state index in [9.17, 15) is 5.11 Å². The second-order valence-electron chi connectivity index (χ2n) is 5.22. The molecule has 0 saturated carbocycles. The van der Waals surface area contributed by atoms with Gasteiger partial charge in [-0.15, -0.1) is 0 Å². The van der Waals surface area contributed by atoms with Crippen molar-refractivity contribution in [3.63, 3.8) is 0 Å². The molecule has 2 rings (SSSR count). The van der Waals surface area contributed by atoms with E-state index in [4.69, 9.17) is 13.9 Å². The van der Waals surface area contributed by atoms with E-state index in [1.165, 1.54) is 0 Å². The van der Waals surface area contributed by atoms with Crippen molar-refractivity contribution in [1.82, 2.24) is 4.90 Å². The SMILES string of the molecule is CC1CN(CC(O)COCc2ccco2)CC(C)O1. The molecule has 1 aliphatic rings. The van der Waals surface area contributed by atoms with Crippen LogP contribution in [0.25, 0.3) is 0 Å². The van der Waals surface area contributed by atoms with Crippen LogP contribution in [-0.2, 0) is 16.1 Å². The summed E-state index contributed by atoms with van der Waals surface area (Å²) in [6.07, 6.45) is 1.58. The van der Waals surface area contributed by atoms with Gasteiger partial charge in [-0.2, -0.15) is 0 Å². The number of rotatable bonds is 6. The van der Waals surface area contributed by atoms with Gasteiger partial charge in [0.05, 0.1) is 31.2 Å². The predicted octanol–water partition coefficient (Wildman–Crippen LogP) is 1.27. The van der Waals surface area contributed by atoms with E-state index in [0.717, 1.165) is 18.8 Å². The van der Waals surface area contributed by atoms with Crippen molar-refractivity contribution in [3.8, 4) is 0 Å². The zero-order valence-electron chi connectivity index (χ0n) is 11.6. The number of furan rings is 1. The Morgan fingerprint density at radius 2 is 2.16 bits per heavy atom. The van der Waals surface area contributed by atoms with Crippen molar-refractivity contribution in [1.29, 1.82) is 0 Å². The van der Waals surface area contributed by atoms with E-state index in [2.05, 4.69) is 18.7 Å². The van der Waals surface area contributed by atoms with Crippen molar-refractivity contribution >= 4 is 0 Å². The standard InChI is InChI=1S/C14H23NO4/c1-11-6-15(7-12(2)19-11)8-13(16)9-17-10-14-4-3-5-18-14/h3-5,11-13,16H,6-10H2,1-2H3. The highest BCUT2D eigenvalue weighted by Crippen LogP contribution is 2.11. The molecule has 1 N–H and O–H groups in total. The highest BCUT2D eigenvalue weighted by atomic mass is 16.5. The van der Waals surface area contributed by atoms with Gasteiger partial charge in [0.25, 0.3) is 0 Å². The lowest BCUT2D eigenvalue weighted by Crippen LogP contribution is -2.48. The molecule has 3 unspecified atom stereocenters. The second kappa shape index (κ2) is 7.05. The van der Waals surface area contributed by atoms with Gasteiger partial charge in [-0.3, -0.25) is 4.90 Å². The van der Waals surface area contributed by atoms with Gasteiger partial charge in [0, 0.05) is 19.6 Å². The van der Waals surface area contributed by atoms with Gasteiger partial charge in [0.1, 0.15) is 12.4 Å². The first-order valence-electron chi connectivity index (χ1n) is 6.79. The normalized spacial score (nSPS) is 26.5. The quantitative estimate of drug-likeness (QED) is 0.842. The lowest BCUT2D eigenvalue weighted by atomic mass is 10.2. The van der Waals surface area contributed by atoms with E-state index in [1.54, 1.807) is 6.26 Å². The maximum atomic E-state index is 9.96. The van der Waals surface area contributed by atoms with Crippen LogP contribution in [-0.4, -0.2) is 54.6 Å². The smallest absolute Gasteiger partial charge is 0.129 e. The maximum absolute atomic E-state index is 9.96. The van der Waals surface area contributed by atoms with E-state index >= 15 is 0 Å². The molecule has 1 saturated heterocycles. The summed E-state index contributed by atoms with van der Waals surface area (Å²) in [7, 11) is 0. The molecule has 1 aromatic heterocycles. The van der Waals surface area contributed by atoms with E-state index in [-0.39, 0.29) is 12.2 Å². The number of morpholine rings is 1. The molecule has 0 aliphatic carbocycles. The van der Waals surface area contributed by atoms with Crippen LogP contribution < -0.4 is 0 Å². The molecule has 5 heteroatoms. The van der Waals surface area contributed by atoms with Crippen molar-refractivity contribution in [3.05, 3.63) is 24.2 Å². The van der Waals surface area contributed by atoms with Crippen LogP contribution in [0.3, 0.4) is 0 Å². The molecule has 0 spiro atoms. The molecule has 1 aromatic rings.